The molecule has 0 fully saturated rings. The maximum Gasteiger partial charge on any atom is 0.291 e. The van der Waals surface area contributed by atoms with E-state index in [4.69, 9.17) is 4.42 Å². The number of nitrogens with one attached hydrogen (secondary N) is 1. The molecule has 3 aromatic rings. The van der Waals surface area contributed by atoms with Crippen LogP contribution in [0.15, 0.2) is 50.7 Å². The van der Waals surface area contributed by atoms with Gasteiger partial charge in [-0.3, -0.25) is 4.79 Å². The molecule has 6 heteroatoms. The first-order valence-electron chi connectivity index (χ1n) is 6.21. The van der Waals surface area contributed by atoms with Crippen LogP contribution >= 0.6 is 27.3 Å². The molecule has 1 N–H and O–H groups in total. The van der Waals surface area contributed by atoms with E-state index in [0.717, 1.165) is 15.2 Å². The summed E-state index contributed by atoms with van der Waals surface area (Å²) in [5.74, 6) is 0.570. The molecule has 0 saturated carbocycles. The molecule has 4 nitrogen and oxygen atoms in total. The molecule has 0 aliphatic rings. The Bertz CT molecular complexity index is 794. The quantitative estimate of drug-likeness (QED) is 0.732. The zero-order valence-corrected chi connectivity index (χ0v) is 13.5. The molecule has 0 bridgehead atoms. The first-order chi connectivity index (χ1) is 10.1. The summed E-state index contributed by atoms with van der Waals surface area (Å²) in [6, 6.07) is 10.8. The molecule has 0 aliphatic carbocycles. The summed E-state index contributed by atoms with van der Waals surface area (Å²) in [5.41, 5.74) is 1.45. The summed E-state index contributed by atoms with van der Waals surface area (Å²) < 4.78 is 6.47. The maximum atomic E-state index is 12.1. The minimum absolute atomic E-state index is 0.260. The molecule has 0 atom stereocenters. The van der Waals surface area contributed by atoms with Gasteiger partial charge in [-0.1, -0.05) is 22.0 Å². The molecule has 1 aromatic carbocycles. The molecule has 0 saturated heterocycles. The highest BCUT2D eigenvalue weighted by atomic mass is 79.9. The second-order valence-electron chi connectivity index (χ2n) is 4.38. The van der Waals surface area contributed by atoms with Gasteiger partial charge in [-0.25, -0.2) is 4.98 Å². The van der Waals surface area contributed by atoms with Crippen LogP contribution in [-0.2, 0) is 0 Å². The number of amides is 1. The standard InChI is InChI=1S/C15H11BrN2O2S/c1-9-17-12(8-21-9)13-5-6-14(20-13)15(19)18-11-4-2-3-10(16)7-11/h2-8H,1H3,(H,18,19). The Balaban J connectivity index is 1.78. The monoisotopic (exact) mass is 362 g/mol. The fourth-order valence-electron chi connectivity index (χ4n) is 1.83. The Kier molecular flexibility index (Phi) is 3.90. The second kappa shape index (κ2) is 5.83. The molecule has 0 radical (unpaired) electrons. The first kappa shape index (κ1) is 14.0. The van der Waals surface area contributed by atoms with E-state index >= 15 is 0 Å². The van der Waals surface area contributed by atoms with Crippen molar-refractivity contribution in [1.82, 2.24) is 4.98 Å². The Hall–Kier alpha value is -1.92. The number of aromatic nitrogens is 1. The third-order valence-corrected chi connectivity index (χ3v) is 4.05. The van der Waals surface area contributed by atoms with Crippen molar-refractivity contribution < 1.29 is 9.21 Å². The van der Waals surface area contributed by atoms with E-state index in [9.17, 15) is 4.79 Å². The van der Waals surface area contributed by atoms with E-state index in [2.05, 4.69) is 26.2 Å². The molecule has 0 unspecified atom stereocenters. The molecule has 0 spiro atoms. The summed E-state index contributed by atoms with van der Waals surface area (Å²) >= 11 is 4.91. The van der Waals surface area contributed by atoms with E-state index in [1.165, 1.54) is 0 Å². The SMILES string of the molecule is Cc1nc(-c2ccc(C(=O)Nc3cccc(Br)c3)o2)cs1. The lowest BCUT2D eigenvalue weighted by molar-refractivity contribution is 0.0997. The summed E-state index contributed by atoms with van der Waals surface area (Å²) in [6.07, 6.45) is 0. The van der Waals surface area contributed by atoms with Gasteiger partial charge in [-0.05, 0) is 37.3 Å². The number of thiazole rings is 1. The Morgan fingerprint density at radius 2 is 2.19 bits per heavy atom. The third-order valence-electron chi connectivity index (χ3n) is 2.78. The molecule has 2 heterocycles. The van der Waals surface area contributed by atoms with Crippen LogP contribution in [0.25, 0.3) is 11.5 Å². The first-order valence-corrected chi connectivity index (χ1v) is 7.88. The van der Waals surface area contributed by atoms with Crippen LogP contribution in [0.5, 0.6) is 0 Å². The number of hydrogen-bond acceptors (Lipinski definition) is 4. The van der Waals surface area contributed by atoms with Crippen molar-refractivity contribution >= 4 is 38.9 Å². The van der Waals surface area contributed by atoms with E-state index in [0.29, 0.717) is 11.4 Å². The van der Waals surface area contributed by atoms with Crippen molar-refractivity contribution in [3.05, 3.63) is 57.0 Å². The molecule has 106 valence electrons. The van der Waals surface area contributed by atoms with Crippen LogP contribution in [0.3, 0.4) is 0 Å². The Labute approximate surface area is 134 Å². The van der Waals surface area contributed by atoms with Crippen LogP contribution in [0.4, 0.5) is 5.69 Å². The van der Waals surface area contributed by atoms with Crippen LogP contribution in [0.1, 0.15) is 15.6 Å². The number of carbonyl (C=O) groups is 1. The summed E-state index contributed by atoms with van der Waals surface area (Å²) in [4.78, 5) is 16.5. The summed E-state index contributed by atoms with van der Waals surface area (Å²) in [5, 5.41) is 5.66. The number of rotatable bonds is 3. The molecular formula is C15H11BrN2O2S. The van der Waals surface area contributed by atoms with Crippen LogP contribution < -0.4 is 5.32 Å². The average molecular weight is 363 g/mol. The smallest absolute Gasteiger partial charge is 0.291 e. The van der Waals surface area contributed by atoms with Crippen LogP contribution in [-0.4, -0.2) is 10.9 Å². The van der Waals surface area contributed by atoms with Crippen molar-refractivity contribution in [3.63, 3.8) is 0 Å². The summed E-state index contributed by atoms with van der Waals surface area (Å²) in [6.45, 7) is 1.93. The highest BCUT2D eigenvalue weighted by Crippen LogP contribution is 2.24. The van der Waals surface area contributed by atoms with E-state index in [-0.39, 0.29) is 11.7 Å². The zero-order chi connectivity index (χ0) is 14.8. The highest BCUT2D eigenvalue weighted by molar-refractivity contribution is 9.10. The number of nitrogens with zero attached hydrogens (tertiary/aromatic N) is 1. The maximum absolute atomic E-state index is 12.1. The zero-order valence-electron chi connectivity index (χ0n) is 11.1. The van der Waals surface area contributed by atoms with Gasteiger partial charge in [0.2, 0.25) is 0 Å². The number of hydrogen-bond donors (Lipinski definition) is 1. The molecule has 1 amide bonds. The van der Waals surface area contributed by atoms with Gasteiger partial charge >= 0.3 is 0 Å². The molecular weight excluding hydrogens is 352 g/mol. The number of anilines is 1. The number of halogens is 1. The van der Waals surface area contributed by atoms with Gasteiger partial charge < -0.3 is 9.73 Å². The second-order valence-corrected chi connectivity index (χ2v) is 6.36. The number of aryl methyl sites for hydroxylation is 1. The van der Waals surface area contributed by atoms with Gasteiger partial charge in [-0.2, -0.15) is 0 Å². The number of carbonyl (C=O) groups excluding carboxylic acids is 1. The topological polar surface area (TPSA) is 55.1 Å². The van der Waals surface area contributed by atoms with Crippen molar-refractivity contribution in [2.24, 2.45) is 0 Å². The number of furan rings is 1. The molecule has 21 heavy (non-hydrogen) atoms. The van der Waals surface area contributed by atoms with Crippen molar-refractivity contribution in [2.45, 2.75) is 6.92 Å². The molecule has 3 rings (SSSR count). The fourth-order valence-corrected chi connectivity index (χ4v) is 2.83. The van der Waals surface area contributed by atoms with Gasteiger partial charge in [0.05, 0.1) is 5.01 Å². The Morgan fingerprint density at radius 3 is 2.90 bits per heavy atom. The van der Waals surface area contributed by atoms with E-state index in [1.807, 2.05) is 36.6 Å². The van der Waals surface area contributed by atoms with Gasteiger partial charge in [-0.15, -0.1) is 11.3 Å². The van der Waals surface area contributed by atoms with Gasteiger partial charge in [0, 0.05) is 15.5 Å². The van der Waals surface area contributed by atoms with Crippen LogP contribution in [0, 0.1) is 6.92 Å². The van der Waals surface area contributed by atoms with Crippen molar-refractivity contribution in [2.75, 3.05) is 5.32 Å². The minimum Gasteiger partial charge on any atom is -0.449 e. The van der Waals surface area contributed by atoms with Crippen molar-refractivity contribution in [1.29, 1.82) is 0 Å². The lowest BCUT2D eigenvalue weighted by Gasteiger charge is -2.03. The third kappa shape index (κ3) is 3.22. The van der Waals surface area contributed by atoms with E-state index < -0.39 is 0 Å². The van der Waals surface area contributed by atoms with Gasteiger partial charge in [0.15, 0.2) is 11.5 Å². The molecule has 0 aliphatic heterocycles. The predicted molar refractivity (Wildman–Crippen MR) is 86.6 cm³/mol. The number of benzene rings is 1. The van der Waals surface area contributed by atoms with Gasteiger partial charge in [0.25, 0.3) is 5.91 Å². The summed E-state index contributed by atoms with van der Waals surface area (Å²) in [7, 11) is 0. The van der Waals surface area contributed by atoms with E-state index in [1.54, 1.807) is 23.5 Å². The minimum atomic E-state index is -0.286. The van der Waals surface area contributed by atoms with Gasteiger partial charge in [0.1, 0.15) is 5.69 Å². The predicted octanol–water partition coefficient (Wildman–Crippen LogP) is 4.73. The molecule has 2 aromatic heterocycles. The fraction of sp³-hybridized carbons (Fsp3) is 0.0667. The lowest BCUT2D eigenvalue weighted by atomic mass is 10.3. The van der Waals surface area contributed by atoms with Crippen molar-refractivity contribution in [3.8, 4) is 11.5 Å². The highest BCUT2D eigenvalue weighted by Gasteiger charge is 2.14. The lowest BCUT2D eigenvalue weighted by Crippen LogP contribution is -2.10. The average Bonchev–Trinajstić information content (AvgIpc) is 3.07. The largest absolute Gasteiger partial charge is 0.449 e. The van der Waals surface area contributed by atoms with Crippen LogP contribution in [0.2, 0.25) is 0 Å². The normalized spacial score (nSPS) is 10.6. The Morgan fingerprint density at radius 1 is 1.33 bits per heavy atom.